The van der Waals surface area contributed by atoms with Gasteiger partial charge in [0.25, 0.3) is 0 Å². The van der Waals surface area contributed by atoms with E-state index in [1.165, 1.54) is 0 Å². The Kier molecular flexibility index (Phi) is 7.98. The number of hydrogen-bond acceptors (Lipinski definition) is 6. The van der Waals surface area contributed by atoms with Crippen LogP contribution >= 0.6 is 11.6 Å². The Bertz CT molecular complexity index is 1320. The van der Waals surface area contributed by atoms with Crippen LogP contribution in [0.2, 0.25) is 5.02 Å². The Morgan fingerprint density at radius 1 is 1.15 bits per heavy atom. The summed E-state index contributed by atoms with van der Waals surface area (Å²) >= 11 is 6.28. The van der Waals surface area contributed by atoms with Gasteiger partial charge in [0, 0.05) is 41.9 Å². The van der Waals surface area contributed by atoms with Gasteiger partial charge in [-0.05, 0) is 105 Å². The number of aromatic nitrogens is 4. The van der Waals surface area contributed by atoms with Crippen LogP contribution in [0.3, 0.4) is 0 Å². The molecule has 1 saturated carbocycles. The lowest BCUT2D eigenvalue weighted by Crippen LogP contribution is -2.48. The Hall–Kier alpha value is -3.66. The van der Waals surface area contributed by atoms with Gasteiger partial charge < -0.3 is 15.0 Å². The molecule has 212 valence electrons. The number of alkyl carbamates (subject to hydrolysis) is 1. The molecule has 2 aliphatic rings. The Labute approximate surface area is 239 Å². The van der Waals surface area contributed by atoms with Crippen molar-refractivity contribution in [3.05, 3.63) is 59.1 Å². The third-order valence-corrected chi connectivity index (χ3v) is 7.99. The minimum Gasteiger partial charge on any atom is -0.444 e. The summed E-state index contributed by atoms with van der Waals surface area (Å²) in [7, 11) is 0. The largest absolute Gasteiger partial charge is 0.444 e. The minimum absolute atomic E-state index is 0.0338. The maximum Gasteiger partial charge on any atom is 0.407 e. The highest BCUT2D eigenvalue weighted by atomic mass is 35.5. The molecule has 0 spiro atoms. The number of carbonyl (C=O) groups is 2. The molecule has 2 N–H and O–H groups in total. The monoisotopic (exact) mass is 565 g/mol. The highest BCUT2D eigenvalue weighted by Crippen LogP contribution is 2.41. The highest BCUT2D eigenvalue weighted by Gasteiger charge is 2.41. The van der Waals surface area contributed by atoms with E-state index in [1.807, 2.05) is 73.0 Å². The van der Waals surface area contributed by atoms with E-state index < -0.39 is 11.7 Å². The van der Waals surface area contributed by atoms with Crippen molar-refractivity contribution >= 4 is 29.4 Å². The van der Waals surface area contributed by atoms with Gasteiger partial charge in [-0.15, -0.1) is 10.2 Å². The molecule has 3 aromatic rings. The molecule has 5 rings (SSSR count). The molecule has 0 radical (unpaired) electrons. The number of rotatable bonds is 7. The second-order valence-corrected chi connectivity index (χ2v) is 12.2. The lowest BCUT2D eigenvalue weighted by molar-refractivity contribution is 0.0464. The van der Waals surface area contributed by atoms with Gasteiger partial charge in [0.05, 0.1) is 0 Å². The number of nitrogens with zero attached hydrogens (tertiary/aromatic N) is 5. The predicted molar refractivity (Wildman–Crippen MR) is 153 cm³/mol. The van der Waals surface area contributed by atoms with E-state index in [1.54, 1.807) is 0 Å². The molecule has 11 heteroatoms. The molecule has 0 bridgehead atoms. The van der Waals surface area contributed by atoms with Gasteiger partial charge >= 0.3 is 12.1 Å². The standard InChI is InChI=1S/C29H36ClN7O3/c1-28(2,3)40-26(38)31-19-29(18-20-5-4-6-22(30)17-20)13-11-24(12-14-29)37-16-15-36(27(37)39)23-9-7-21(8-10-23)25-32-34-35-33-25/h4-10,17,24H,11-16,18-19H2,1-3H3,(H,31,38)(H,32,33,34,35). The van der Waals surface area contributed by atoms with Gasteiger partial charge in [0.2, 0.25) is 5.82 Å². The summed E-state index contributed by atoms with van der Waals surface area (Å²) in [5.74, 6) is 0.519. The van der Waals surface area contributed by atoms with Crippen LogP contribution in [0.5, 0.6) is 0 Å². The number of hydrogen-bond donors (Lipinski definition) is 2. The van der Waals surface area contributed by atoms with Crippen LogP contribution in [0.1, 0.15) is 52.0 Å². The number of urea groups is 1. The molecular weight excluding hydrogens is 530 g/mol. The first-order valence-electron chi connectivity index (χ1n) is 13.7. The van der Waals surface area contributed by atoms with Crippen LogP contribution in [0, 0.1) is 5.41 Å². The first-order chi connectivity index (χ1) is 19.1. The summed E-state index contributed by atoms with van der Waals surface area (Å²) < 4.78 is 5.50. The van der Waals surface area contributed by atoms with Crippen molar-refractivity contribution in [2.75, 3.05) is 24.5 Å². The fourth-order valence-electron chi connectivity index (χ4n) is 5.80. The molecule has 1 aliphatic heterocycles. The van der Waals surface area contributed by atoms with E-state index in [0.29, 0.717) is 30.5 Å². The Morgan fingerprint density at radius 3 is 2.55 bits per heavy atom. The number of tetrazole rings is 1. The zero-order valence-corrected chi connectivity index (χ0v) is 23.9. The predicted octanol–water partition coefficient (Wildman–Crippen LogP) is 5.46. The second kappa shape index (κ2) is 11.4. The summed E-state index contributed by atoms with van der Waals surface area (Å²) in [5, 5.41) is 17.8. The molecule has 1 aromatic heterocycles. The Balaban J connectivity index is 1.24. The third kappa shape index (κ3) is 6.55. The molecule has 0 atom stereocenters. The second-order valence-electron chi connectivity index (χ2n) is 11.8. The SMILES string of the molecule is CC(C)(C)OC(=O)NCC1(Cc2cccc(Cl)c2)CCC(N2CCN(c3ccc(-c4nn[nH]n4)cc3)C2=O)CC1. The van der Waals surface area contributed by atoms with E-state index in [9.17, 15) is 9.59 Å². The van der Waals surface area contributed by atoms with E-state index in [0.717, 1.165) is 48.9 Å². The average Bonchev–Trinajstić information content (AvgIpc) is 3.58. The van der Waals surface area contributed by atoms with E-state index >= 15 is 0 Å². The summed E-state index contributed by atoms with van der Waals surface area (Å²) in [5.41, 5.74) is 2.13. The summed E-state index contributed by atoms with van der Waals surface area (Å²) in [6.45, 7) is 7.42. The fourth-order valence-corrected chi connectivity index (χ4v) is 6.02. The number of H-pyrrole nitrogens is 1. The number of benzene rings is 2. The number of ether oxygens (including phenoxy) is 1. The van der Waals surface area contributed by atoms with Gasteiger partial charge in [-0.3, -0.25) is 4.90 Å². The van der Waals surface area contributed by atoms with E-state index in [2.05, 4.69) is 32.0 Å². The minimum atomic E-state index is -0.558. The first kappa shape index (κ1) is 27.9. The number of amides is 3. The zero-order valence-electron chi connectivity index (χ0n) is 23.2. The van der Waals surface area contributed by atoms with E-state index in [-0.39, 0.29) is 17.5 Å². The van der Waals surface area contributed by atoms with Crippen molar-refractivity contribution in [2.45, 2.75) is 64.5 Å². The molecule has 3 amide bonds. The van der Waals surface area contributed by atoms with Crippen LogP contribution in [-0.4, -0.2) is 68.9 Å². The number of halogens is 1. The number of aromatic amines is 1. The molecule has 1 saturated heterocycles. The van der Waals surface area contributed by atoms with Crippen molar-refractivity contribution < 1.29 is 14.3 Å². The summed E-state index contributed by atoms with van der Waals surface area (Å²) in [6, 6.07) is 15.8. The summed E-state index contributed by atoms with van der Waals surface area (Å²) in [6.07, 6.45) is 3.88. The van der Waals surface area contributed by atoms with Crippen molar-refractivity contribution in [3.8, 4) is 11.4 Å². The van der Waals surface area contributed by atoms with Gasteiger partial charge in [0.1, 0.15) is 5.60 Å². The molecular formula is C29H36ClN7O3. The molecule has 2 aromatic carbocycles. The molecule has 1 aliphatic carbocycles. The first-order valence-corrected chi connectivity index (χ1v) is 14.1. The van der Waals surface area contributed by atoms with Crippen LogP contribution < -0.4 is 10.2 Å². The number of anilines is 1. The van der Waals surface area contributed by atoms with Crippen molar-refractivity contribution in [2.24, 2.45) is 5.41 Å². The number of carbonyl (C=O) groups excluding carboxylic acids is 2. The zero-order chi connectivity index (χ0) is 28.3. The molecule has 40 heavy (non-hydrogen) atoms. The molecule has 10 nitrogen and oxygen atoms in total. The van der Waals surface area contributed by atoms with Crippen LogP contribution in [0.25, 0.3) is 11.4 Å². The normalized spacial score (nSPS) is 21.5. The molecule has 0 unspecified atom stereocenters. The Morgan fingerprint density at radius 2 is 1.90 bits per heavy atom. The lowest BCUT2D eigenvalue weighted by atomic mass is 9.68. The fraction of sp³-hybridized carbons (Fsp3) is 0.483. The summed E-state index contributed by atoms with van der Waals surface area (Å²) in [4.78, 5) is 29.8. The third-order valence-electron chi connectivity index (χ3n) is 7.75. The molecule has 2 fully saturated rings. The van der Waals surface area contributed by atoms with Crippen molar-refractivity contribution in [3.63, 3.8) is 0 Å². The molecule has 2 heterocycles. The van der Waals surface area contributed by atoms with Crippen molar-refractivity contribution in [1.29, 1.82) is 0 Å². The van der Waals surface area contributed by atoms with Crippen LogP contribution in [-0.2, 0) is 11.2 Å². The van der Waals surface area contributed by atoms with Gasteiger partial charge in [-0.1, -0.05) is 23.7 Å². The van der Waals surface area contributed by atoms with Gasteiger partial charge in [-0.2, -0.15) is 5.21 Å². The quantitative estimate of drug-likeness (QED) is 0.393. The van der Waals surface area contributed by atoms with E-state index in [4.69, 9.17) is 16.3 Å². The average molecular weight is 566 g/mol. The smallest absolute Gasteiger partial charge is 0.407 e. The van der Waals surface area contributed by atoms with Crippen LogP contribution in [0.4, 0.5) is 15.3 Å². The maximum absolute atomic E-state index is 13.5. The topological polar surface area (TPSA) is 116 Å². The lowest BCUT2D eigenvalue weighted by Gasteiger charge is -2.43. The van der Waals surface area contributed by atoms with Gasteiger partial charge in [0.15, 0.2) is 0 Å². The number of nitrogens with one attached hydrogen (secondary N) is 2. The van der Waals surface area contributed by atoms with Crippen LogP contribution in [0.15, 0.2) is 48.5 Å². The van der Waals surface area contributed by atoms with Crippen molar-refractivity contribution in [1.82, 2.24) is 30.8 Å². The maximum atomic E-state index is 13.5. The highest BCUT2D eigenvalue weighted by molar-refractivity contribution is 6.30. The van der Waals surface area contributed by atoms with Gasteiger partial charge in [-0.25, -0.2) is 9.59 Å².